The fourth-order valence-electron chi connectivity index (χ4n) is 7.25. The van der Waals surface area contributed by atoms with Crippen molar-refractivity contribution in [3.8, 4) is 22.3 Å². The molecule has 9 aromatic rings. The quantitative estimate of drug-likeness (QED) is 0.169. The molecule has 0 saturated carbocycles. The van der Waals surface area contributed by atoms with E-state index in [0.29, 0.717) is 0 Å². The third kappa shape index (κ3) is 5.03. The van der Waals surface area contributed by atoms with Crippen LogP contribution in [-0.4, -0.2) is 0 Å². The average Bonchev–Trinajstić information content (AvgIpc) is 3.73. The Morgan fingerprint density at radius 1 is 0.600 bits per heavy atom. The van der Waals surface area contributed by atoms with Gasteiger partial charge in [0.05, 0.1) is 0 Å². The van der Waals surface area contributed by atoms with Gasteiger partial charge in [0, 0.05) is 53.9 Å². The largest absolute Gasteiger partial charge is 0.455 e. The third-order valence-corrected chi connectivity index (χ3v) is 10.7. The lowest BCUT2D eigenvalue weighted by Gasteiger charge is -2.26. The van der Waals surface area contributed by atoms with E-state index < -0.39 is 0 Å². The van der Waals surface area contributed by atoms with Crippen LogP contribution in [-0.2, 0) is 0 Å². The van der Waals surface area contributed by atoms with Crippen molar-refractivity contribution in [2.24, 2.45) is 0 Å². The molecule has 0 spiro atoms. The summed E-state index contributed by atoms with van der Waals surface area (Å²) < 4.78 is 7.65. The number of rotatable bonds is 7. The zero-order valence-electron chi connectivity index (χ0n) is 27.6. The third-order valence-electron chi connectivity index (χ3n) is 9.55. The van der Waals surface area contributed by atoms with Crippen molar-refractivity contribution in [1.82, 2.24) is 0 Å². The molecule has 0 fully saturated rings. The number of hydrogen-bond donors (Lipinski definition) is 0. The predicted octanol–water partition coefficient (Wildman–Crippen LogP) is 14.4. The first-order chi connectivity index (χ1) is 24.7. The monoisotopic (exact) mass is 659 g/mol. The van der Waals surface area contributed by atoms with Gasteiger partial charge in [0.25, 0.3) is 0 Å². The Morgan fingerprint density at radius 2 is 1.32 bits per heavy atom. The van der Waals surface area contributed by atoms with Crippen LogP contribution in [0.25, 0.3) is 77.2 Å². The van der Waals surface area contributed by atoms with Crippen LogP contribution in [0.5, 0.6) is 0 Å². The Bertz CT molecular complexity index is 2740. The zero-order valence-corrected chi connectivity index (χ0v) is 28.5. The molecular weight excluding hydrogens is 627 g/mol. The van der Waals surface area contributed by atoms with Gasteiger partial charge in [0.15, 0.2) is 0 Å². The van der Waals surface area contributed by atoms with E-state index in [9.17, 15) is 0 Å². The Labute approximate surface area is 295 Å². The molecule has 0 aliphatic rings. The minimum Gasteiger partial charge on any atom is -0.455 e. The number of hydrogen-bond acceptors (Lipinski definition) is 3. The van der Waals surface area contributed by atoms with Crippen molar-refractivity contribution >= 4 is 83.3 Å². The summed E-state index contributed by atoms with van der Waals surface area (Å²) in [6.45, 7) is 6.26. The molecule has 0 amide bonds. The van der Waals surface area contributed by atoms with Crippen LogP contribution in [0.1, 0.15) is 17.4 Å². The van der Waals surface area contributed by atoms with E-state index in [1.165, 1.54) is 42.4 Å². The highest BCUT2D eigenvalue weighted by molar-refractivity contribution is 7.20. The minimum atomic E-state index is 0.908. The van der Waals surface area contributed by atoms with Gasteiger partial charge >= 0.3 is 0 Å². The maximum atomic E-state index is 6.39. The number of anilines is 3. The van der Waals surface area contributed by atoms with Gasteiger partial charge in [0.1, 0.15) is 11.2 Å². The highest BCUT2D eigenvalue weighted by Gasteiger charge is 2.18. The number of benzene rings is 7. The molecule has 0 radical (unpaired) electrons. The first-order valence-electron chi connectivity index (χ1n) is 16.9. The molecule has 0 N–H and O–H groups in total. The normalized spacial score (nSPS) is 11.7. The topological polar surface area (TPSA) is 16.4 Å². The van der Waals surface area contributed by atoms with Crippen molar-refractivity contribution in [3.63, 3.8) is 0 Å². The summed E-state index contributed by atoms with van der Waals surface area (Å²) in [7, 11) is 0. The molecule has 0 aliphatic carbocycles. The van der Waals surface area contributed by atoms with Crippen molar-refractivity contribution in [2.45, 2.75) is 6.92 Å². The van der Waals surface area contributed by atoms with E-state index in [0.717, 1.165) is 50.1 Å². The molecule has 0 bridgehead atoms. The summed E-state index contributed by atoms with van der Waals surface area (Å²) in [6.07, 6.45) is 6.28. The van der Waals surface area contributed by atoms with Crippen LogP contribution in [0, 0.1) is 0 Å². The molecule has 7 aromatic carbocycles. The number of para-hydroxylation sites is 2. The van der Waals surface area contributed by atoms with E-state index in [-0.39, 0.29) is 0 Å². The number of thiophene rings is 1. The van der Waals surface area contributed by atoms with E-state index in [1.54, 1.807) is 0 Å². The lowest BCUT2D eigenvalue weighted by Crippen LogP contribution is -2.10. The number of allylic oxidation sites excluding steroid dienone is 1. The van der Waals surface area contributed by atoms with Crippen molar-refractivity contribution in [1.29, 1.82) is 0 Å². The smallest absolute Gasteiger partial charge is 0.143 e. The second kappa shape index (κ2) is 12.4. The van der Waals surface area contributed by atoms with Gasteiger partial charge in [-0.05, 0) is 89.0 Å². The van der Waals surface area contributed by atoms with Crippen molar-refractivity contribution in [3.05, 3.63) is 175 Å². The highest BCUT2D eigenvalue weighted by Crippen LogP contribution is 2.43. The average molecular weight is 660 g/mol. The first-order valence-corrected chi connectivity index (χ1v) is 17.7. The van der Waals surface area contributed by atoms with Crippen molar-refractivity contribution in [2.75, 3.05) is 4.90 Å². The van der Waals surface area contributed by atoms with Gasteiger partial charge in [-0.3, -0.25) is 0 Å². The molecule has 0 aliphatic heterocycles. The fourth-order valence-corrected chi connectivity index (χ4v) is 8.45. The van der Waals surface area contributed by atoms with Gasteiger partial charge in [-0.15, -0.1) is 11.3 Å². The first kappa shape index (κ1) is 29.9. The lowest BCUT2D eigenvalue weighted by molar-refractivity contribution is 0.670. The van der Waals surface area contributed by atoms with Crippen molar-refractivity contribution < 1.29 is 4.42 Å². The summed E-state index contributed by atoms with van der Waals surface area (Å²) in [6, 6.07) is 54.3. The van der Waals surface area contributed by atoms with E-state index in [4.69, 9.17) is 4.42 Å². The maximum Gasteiger partial charge on any atom is 0.143 e. The Balaban J connectivity index is 1.19. The van der Waals surface area contributed by atoms with Gasteiger partial charge in [0.2, 0.25) is 0 Å². The molecule has 238 valence electrons. The fraction of sp³-hybridized carbons (Fsp3) is 0.0213. The molecule has 2 aromatic heterocycles. The summed E-state index contributed by atoms with van der Waals surface area (Å²) in [4.78, 5) is 3.59. The minimum absolute atomic E-state index is 0.908. The van der Waals surface area contributed by atoms with E-state index in [1.807, 2.05) is 29.5 Å². The Kier molecular flexibility index (Phi) is 7.41. The summed E-state index contributed by atoms with van der Waals surface area (Å²) >= 11 is 1.81. The summed E-state index contributed by atoms with van der Waals surface area (Å²) in [5.41, 5.74) is 10.9. The molecule has 0 unspecified atom stereocenters. The maximum absolute atomic E-state index is 6.39. The second-order valence-corrected chi connectivity index (χ2v) is 13.6. The van der Waals surface area contributed by atoms with Gasteiger partial charge in [-0.1, -0.05) is 122 Å². The van der Waals surface area contributed by atoms with E-state index >= 15 is 0 Å². The standard InChI is InChI=1S/C47H33NOS/c1-3-12-44-38(4-2)46-39(18-11-22-45(46)50-44)34-15-9-16-36(30-34)48(37-28-23-31-13-5-6-14-33(31)29-37)35-26-24-32(25-27-35)40-19-10-20-42-41-17-7-8-21-43(41)49-47(40)42/h3-30H,2H2,1H3/b12-3-. The van der Waals surface area contributed by atoms with Crippen LogP contribution in [0.2, 0.25) is 0 Å². The van der Waals surface area contributed by atoms with Crippen LogP contribution in [0.15, 0.2) is 169 Å². The van der Waals surface area contributed by atoms with Crippen LogP contribution in [0.4, 0.5) is 17.1 Å². The van der Waals surface area contributed by atoms with Crippen LogP contribution >= 0.6 is 11.3 Å². The molecule has 2 heterocycles. The van der Waals surface area contributed by atoms with Gasteiger partial charge < -0.3 is 9.32 Å². The van der Waals surface area contributed by atoms with E-state index in [2.05, 4.69) is 170 Å². The predicted molar refractivity (Wildman–Crippen MR) is 217 cm³/mol. The molecule has 0 saturated heterocycles. The molecule has 2 nitrogen and oxygen atoms in total. The molecular formula is C47H33NOS. The Morgan fingerprint density at radius 3 is 2.18 bits per heavy atom. The molecule has 3 heteroatoms. The Hall–Kier alpha value is -6.16. The van der Waals surface area contributed by atoms with Gasteiger partial charge in [-0.2, -0.15) is 0 Å². The number of nitrogens with zero attached hydrogens (tertiary/aromatic N) is 1. The molecule has 50 heavy (non-hydrogen) atoms. The molecule has 0 atom stereocenters. The lowest BCUT2D eigenvalue weighted by atomic mass is 9.97. The van der Waals surface area contributed by atoms with Crippen LogP contribution < -0.4 is 4.90 Å². The zero-order chi connectivity index (χ0) is 33.6. The summed E-state index contributed by atoms with van der Waals surface area (Å²) in [5, 5.41) is 5.94. The molecule has 9 rings (SSSR count). The van der Waals surface area contributed by atoms with Gasteiger partial charge in [-0.25, -0.2) is 0 Å². The summed E-state index contributed by atoms with van der Waals surface area (Å²) in [5.74, 6) is 0. The van der Waals surface area contributed by atoms with Crippen LogP contribution in [0.3, 0.4) is 0 Å². The second-order valence-electron chi connectivity index (χ2n) is 12.5. The number of fused-ring (bicyclic) bond motifs is 5. The highest BCUT2D eigenvalue weighted by atomic mass is 32.1. The number of furan rings is 1. The SMILES string of the molecule is C=Cc1c(/C=C\C)sc2cccc(-c3cccc(N(c4ccc(-c5cccc6c5oc5ccccc56)cc4)c4ccc5ccccc5c4)c3)c12.